The van der Waals surface area contributed by atoms with Crippen LogP contribution in [0.25, 0.3) is 0 Å². The van der Waals surface area contributed by atoms with Crippen LogP contribution in [0, 0.1) is 0 Å². The Labute approximate surface area is 150 Å². The van der Waals surface area contributed by atoms with Gasteiger partial charge in [0.1, 0.15) is 18.1 Å². The van der Waals surface area contributed by atoms with Gasteiger partial charge in [-0.15, -0.1) is 0 Å². The fourth-order valence-corrected chi connectivity index (χ4v) is 3.13. The molecule has 0 amide bonds. The maximum absolute atomic E-state index is 5.89. The number of hydrogen-bond donors (Lipinski definition) is 0. The van der Waals surface area contributed by atoms with E-state index in [0.29, 0.717) is 12.5 Å². The van der Waals surface area contributed by atoms with Gasteiger partial charge in [0.15, 0.2) is 0 Å². The van der Waals surface area contributed by atoms with Crippen molar-refractivity contribution in [3.63, 3.8) is 0 Å². The van der Waals surface area contributed by atoms with Crippen molar-refractivity contribution in [2.75, 3.05) is 7.11 Å². The number of para-hydroxylation sites is 1. The van der Waals surface area contributed by atoms with Crippen LogP contribution in [0.5, 0.6) is 11.5 Å². The lowest BCUT2D eigenvalue weighted by Gasteiger charge is -2.19. The molecule has 0 saturated heterocycles. The quantitative estimate of drug-likeness (QED) is 0.543. The van der Waals surface area contributed by atoms with Gasteiger partial charge < -0.3 is 9.47 Å². The molecule has 2 heteroatoms. The van der Waals surface area contributed by atoms with E-state index in [0.717, 1.165) is 17.9 Å². The van der Waals surface area contributed by atoms with E-state index in [1.54, 1.807) is 7.11 Å². The molecule has 0 aliphatic rings. The Morgan fingerprint density at radius 3 is 2.16 bits per heavy atom. The molecule has 0 bridgehead atoms. The predicted molar refractivity (Wildman–Crippen MR) is 102 cm³/mol. The summed E-state index contributed by atoms with van der Waals surface area (Å²) in [5.41, 5.74) is 3.68. The molecule has 0 radical (unpaired) electrons. The number of methoxy groups -OCH3 is 1. The Morgan fingerprint density at radius 1 is 0.800 bits per heavy atom. The third-order valence-corrected chi connectivity index (χ3v) is 4.45. The number of rotatable bonds is 7. The van der Waals surface area contributed by atoms with E-state index in [9.17, 15) is 0 Å². The second-order valence-corrected chi connectivity index (χ2v) is 6.05. The average molecular weight is 332 g/mol. The summed E-state index contributed by atoms with van der Waals surface area (Å²) < 4.78 is 11.4. The van der Waals surface area contributed by atoms with Crippen LogP contribution in [0.2, 0.25) is 0 Å². The molecule has 0 spiro atoms. The van der Waals surface area contributed by atoms with E-state index >= 15 is 0 Å². The summed E-state index contributed by atoms with van der Waals surface area (Å²) in [6.07, 6.45) is 1.02. The lowest BCUT2D eigenvalue weighted by Crippen LogP contribution is -2.02. The minimum absolute atomic E-state index is 0.319. The van der Waals surface area contributed by atoms with Crippen molar-refractivity contribution in [1.29, 1.82) is 0 Å². The summed E-state index contributed by atoms with van der Waals surface area (Å²) in [5, 5.41) is 0. The van der Waals surface area contributed by atoms with Gasteiger partial charge in [-0.25, -0.2) is 0 Å². The molecule has 0 fully saturated rings. The molecule has 25 heavy (non-hydrogen) atoms. The molecule has 0 aliphatic heterocycles. The van der Waals surface area contributed by atoms with Crippen molar-refractivity contribution in [2.45, 2.75) is 25.9 Å². The largest absolute Gasteiger partial charge is 0.496 e. The summed E-state index contributed by atoms with van der Waals surface area (Å²) in [4.78, 5) is 0. The Morgan fingerprint density at radius 2 is 1.48 bits per heavy atom. The first kappa shape index (κ1) is 17.1. The molecular weight excluding hydrogens is 308 g/mol. The SMILES string of the molecule is CCC(c1ccc(OCc2ccccc2)cc1)c1ccccc1OC. The van der Waals surface area contributed by atoms with Gasteiger partial charge in [0.05, 0.1) is 7.11 Å². The highest BCUT2D eigenvalue weighted by Crippen LogP contribution is 2.34. The first-order valence-corrected chi connectivity index (χ1v) is 8.71. The summed E-state index contributed by atoms with van der Waals surface area (Å²) in [6, 6.07) is 26.9. The average Bonchev–Trinajstić information content (AvgIpc) is 2.69. The lowest BCUT2D eigenvalue weighted by atomic mass is 9.88. The zero-order chi connectivity index (χ0) is 17.5. The minimum atomic E-state index is 0.319. The van der Waals surface area contributed by atoms with E-state index in [-0.39, 0.29) is 0 Å². The normalized spacial score (nSPS) is 11.8. The second kappa shape index (κ2) is 8.39. The molecule has 1 unspecified atom stereocenters. The predicted octanol–water partition coefficient (Wildman–Crippen LogP) is 5.82. The van der Waals surface area contributed by atoms with Gasteiger partial charge in [-0.3, -0.25) is 0 Å². The number of ether oxygens (including phenoxy) is 2. The topological polar surface area (TPSA) is 18.5 Å². The smallest absolute Gasteiger partial charge is 0.122 e. The minimum Gasteiger partial charge on any atom is -0.496 e. The van der Waals surface area contributed by atoms with Crippen molar-refractivity contribution >= 4 is 0 Å². The zero-order valence-electron chi connectivity index (χ0n) is 14.8. The van der Waals surface area contributed by atoms with Gasteiger partial charge in [-0.05, 0) is 35.7 Å². The van der Waals surface area contributed by atoms with Crippen molar-refractivity contribution < 1.29 is 9.47 Å². The molecule has 3 aromatic rings. The van der Waals surface area contributed by atoms with Crippen molar-refractivity contribution in [1.82, 2.24) is 0 Å². The van der Waals surface area contributed by atoms with Crippen LogP contribution in [-0.2, 0) is 6.61 Å². The monoisotopic (exact) mass is 332 g/mol. The molecule has 0 heterocycles. The first-order valence-electron chi connectivity index (χ1n) is 8.71. The van der Waals surface area contributed by atoms with Crippen LogP contribution in [0.1, 0.15) is 36.0 Å². The maximum Gasteiger partial charge on any atom is 0.122 e. The highest BCUT2D eigenvalue weighted by Gasteiger charge is 2.16. The fourth-order valence-electron chi connectivity index (χ4n) is 3.13. The van der Waals surface area contributed by atoms with E-state index in [1.165, 1.54) is 16.7 Å². The van der Waals surface area contributed by atoms with E-state index < -0.39 is 0 Å². The molecule has 3 aromatic carbocycles. The van der Waals surface area contributed by atoms with Gasteiger partial charge >= 0.3 is 0 Å². The molecule has 1 atom stereocenters. The zero-order valence-corrected chi connectivity index (χ0v) is 14.8. The van der Waals surface area contributed by atoms with Crippen LogP contribution < -0.4 is 9.47 Å². The molecule has 3 rings (SSSR count). The summed E-state index contributed by atoms with van der Waals surface area (Å²) in [7, 11) is 1.73. The van der Waals surface area contributed by atoms with Crippen molar-refractivity contribution in [3.05, 3.63) is 95.6 Å². The van der Waals surface area contributed by atoms with Gasteiger partial charge in [0.2, 0.25) is 0 Å². The second-order valence-electron chi connectivity index (χ2n) is 6.05. The molecule has 2 nitrogen and oxygen atoms in total. The molecule has 0 aliphatic carbocycles. The fraction of sp³-hybridized carbons (Fsp3) is 0.217. The molecule has 0 saturated carbocycles. The molecule has 128 valence electrons. The molecule has 0 N–H and O–H groups in total. The van der Waals surface area contributed by atoms with Crippen molar-refractivity contribution in [2.24, 2.45) is 0 Å². The Balaban J connectivity index is 1.74. The highest BCUT2D eigenvalue weighted by atomic mass is 16.5. The Kier molecular flexibility index (Phi) is 5.73. The summed E-state index contributed by atoms with van der Waals surface area (Å²) in [5.74, 6) is 2.15. The van der Waals surface area contributed by atoms with E-state index in [2.05, 4.69) is 55.5 Å². The summed E-state index contributed by atoms with van der Waals surface area (Å²) >= 11 is 0. The van der Waals surface area contributed by atoms with E-state index in [4.69, 9.17) is 9.47 Å². The van der Waals surface area contributed by atoms with Gasteiger partial charge in [-0.1, -0.05) is 67.6 Å². The third-order valence-electron chi connectivity index (χ3n) is 4.45. The van der Waals surface area contributed by atoms with Crippen LogP contribution in [0.15, 0.2) is 78.9 Å². The van der Waals surface area contributed by atoms with Crippen molar-refractivity contribution in [3.8, 4) is 11.5 Å². The first-order chi connectivity index (χ1) is 12.3. The van der Waals surface area contributed by atoms with Crippen LogP contribution >= 0.6 is 0 Å². The lowest BCUT2D eigenvalue weighted by molar-refractivity contribution is 0.306. The van der Waals surface area contributed by atoms with Crippen LogP contribution in [-0.4, -0.2) is 7.11 Å². The number of benzene rings is 3. The molecular formula is C23H24O2. The highest BCUT2D eigenvalue weighted by molar-refractivity contribution is 5.43. The number of hydrogen-bond acceptors (Lipinski definition) is 2. The van der Waals surface area contributed by atoms with Crippen LogP contribution in [0.3, 0.4) is 0 Å². The van der Waals surface area contributed by atoms with Gasteiger partial charge in [0.25, 0.3) is 0 Å². The third kappa shape index (κ3) is 4.21. The maximum atomic E-state index is 5.89. The van der Waals surface area contributed by atoms with Crippen LogP contribution in [0.4, 0.5) is 0 Å². The standard InChI is InChI=1S/C23H24O2/c1-3-21(22-11-7-8-12-23(22)24-2)19-13-15-20(16-14-19)25-17-18-9-5-4-6-10-18/h4-16,21H,3,17H2,1-2H3. The molecule has 0 aromatic heterocycles. The summed E-state index contributed by atoms with van der Waals surface area (Å²) in [6.45, 7) is 2.79. The van der Waals surface area contributed by atoms with Gasteiger partial charge in [0, 0.05) is 11.5 Å². The Hall–Kier alpha value is -2.74. The van der Waals surface area contributed by atoms with Gasteiger partial charge in [-0.2, -0.15) is 0 Å². The Bertz CT molecular complexity index is 779. The van der Waals surface area contributed by atoms with E-state index in [1.807, 2.05) is 30.3 Å².